The summed E-state index contributed by atoms with van der Waals surface area (Å²) in [7, 11) is 0. The lowest BCUT2D eigenvalue weighted by Crippen LogP contribution is -1.98. The van der Waals surface area contributed by atoms with Crippen LogP contribution in [0, 0.1) is 0 Å². The van der Waals surface area contributed by atoms with Crippen LogP contribution in [0.15, 0.2) is 27.4 Å². The quantitative estimate of drug-likeness (QED) is 0.540. The molecule has 0 amide bonds. The maximum Gasteiger partial charge on any atom is 0.141 e. The third-order valence-electron chi connectivity index (χ3n) is 0.776. The molecule has 0 aromatic carbocycles. The van der Waals surface area contributed by atoms with E-state index in [2.05, 4.69) is 10.5 Å². The summed E-state index contributed by atoms with van der Waals surface area (Å²) in [5, 5.41) is 4.48. The average Bonchev–Trinajstić information content (AvgIpc) is 1.99. The molecular weight excluding hydrogens is 159 g/mol. The highest BCUT2D eigenvalue weighted by molar-refractivity contribution is 6.40. The number of nitrogens with one attached hydrogen (secondary N) is 1. The first-order chi connectivity index (χ1) is 4.30. The smallest absolute Gasteiger partial charge is 0.141 e. The van der Waals surface area contributed by atoms with Crippen molar-refractivity contribution in [3.63, 3.8) is 0 Å². The van der Waals surface area contributed by atoms with E-state index in [0.29, 0.717) is 10.2 Å². The van der Waals surface area contributed by atoms with E-state index in [4.69, 9.17) is 23.2 Å². The molecule has 0 saturated heterocycles. The standard InChI is InChI=1S/C5H4Cl2N2/c6-4-2-1-3-8-9-5(4)7/h1-3,9H. The molecule has 0 saturated carbocycles. The molecule has 1 N–H and O–H groups in total. The molecule has 0 bridgehead atoms. The Morgan fingerprint density at radius 2 is 2.22 bits per heavy atom. The van der Waals surface area contributed by atoms with E-state index in [0.717, 1.165) is 0 Å². The van der Waals surface area contributed by atoms with Gasteiger partial charge in [-0.2, -0.15) is 5.10 Å². The molecule has 1 aliphatic heterocycles. The molecule has 1 rings (SSSR count). The summed E-state index contributed by atoms with van der Waals surface area (Å²) in [5.41, 5.74) is 2.51. The Bertz CT molecular complexity index is 193. The van der Waals surface area contributed by atoms with Gasteiger partial charge in [-0.25, -0.2) is 0 Å². The fourth-order valence-electron chi connectivity index (χ4n) is 0.391. The molecule has 4 heteroatoms. The van der Waals surface area contributed by atoms with Crippen molar-refractivity contribution in [3.8, 4) is 0 Å². The summed E-state index contributed by atoms with van der Waals surface area (Å²) >= 11 is 11.1. The van der Waals surface area contributed by atoms with E-state index < -0.39 is 0 Å². The Labute approximate surface area is 62.8 Å². The molecule has 0 atom stereocenters. The van der Waals surface area contributed by atoms with Gasteiger partial charge in [-0.3, -0.25) is 5.43 Å². The van der Waals surface area contributed by atoms with Crippen molar-refractivity contribution in [2.75, 3.05) is 0 Å². The highest BCUT2D eigenvalue weighted by Crippen LogP contribution is 2.12. The normalized spacial score (nSPS) is 17.6. The number of hydrogen-bond donors (Lipinski definition) is 1. The Balaban J connectivity index is 2.85. The Hall–Kier alpha value is -0.470. The van der Waals surface area contributed by atoms with Crippen LogP contribution in [0.5, 0.6) is 0 Å². The van der Waals surface area contributed by atoms with Gasteiger partial charge in [0, 0.05) is 6.21 Å². The molecule has 2 nitrogen and oxygen atoms in total. The van der Waals surface area contributed by atoms with Gasteiger partial charge >= 0.3 is 0 Å². The number of rotatable bonds is 0. The molecule has 1 aliphatic rings. The van der Waals surface area contributed by atoms with Crippen LogP contribution in [-0.2, 0) is 0 Å². The summed E-state index contributed by atoms with van der Waals surface area (Å²) in [6.45, 7) is 0. The monoisotopic (exact) mass is 162 g/mol. The van der Waals surface area contributed by atoms with Gasteiger partial charge in [-0.05, 0) is 12.2 Å². The Morgan fingerprint density at radius 1 is 1.44 bits per heavy atom. The maximum absolute atomic E-state index is 5.59. The zero-order valence-corrected chi connectivity index (χ0v) is 5.95. The highest BCUT2D eigenvalue weighted by atomic mass is 35.5. The summed E-state index contributed by atoms with van der Waals surface area (Å²) in [5.74, 6) is 0. The van der Waals surface area contributed by atoms with Crippen LogP contribution in [0.2, 0.25) is 0 Å². The third-order valence-corrected chi connectivity index (χ3v) is 1.48. The zero-order chi connectivity index (χ0) is 6.69. The lowest BCUT2D eigenvalue weighted by Gasteiger charge is -1.93. The van der Waals surface area contributed by atoms with Gasteiger partial charge in [0.25, 0.3) is 0 Å². The van der Waals surface area contributed by atoms with Crippen molar-refractivity contribution < 1.29 is 0 Å². The van der Waals surface area contributed by atoms with Crippen LogP contribution in [-0.4, -0.2) is 6.21 Å². The number of nitrogens with zero attached hydrogens (tertiary/aromatic N) is 1. The molecular formula is C5H4Cl2N2. The predicted molar refractivity (Wildman–Crippen MR) is 39.5 cm³/mol. The van der Waals surface area contributed by atoms with E-state index in [9.17, 15) is 0 Å². The van der Waals surface area contributed by atoms with Gasteiger partial charge in [0.05, 0.1) is 5.03 Å². The van der Waals surface area contributed by atoms with Gasteiger partial charge in [0.2, 0.25) is 0 Å². The van der Waals surface area contributed by atoms with Crippen molar-refractivity contribution >= 4 is 29.4 Å². The number of halogens is 2. The molecule has 0 radical (unpaired) electrons. The molecule has 0 fully saturated rings. The first kappa shape index (κ1) is 6.65. The van der Waals surface area contributed by atoms with Gasteiger partial charge in [-0.15, -0.1) is 0 Å². The molecule has 9 heavy (non-hydrogen) atoms. The summed E-state index contributed by atoms with van der Waals surface area (Å²) in [6, 6.07) is 0. The molecule has 1 heterocycles. The van der Waals surface area contributed by atoms with Crippen LogP contribution < -0.4 is 5.43 Å². The second-order valence-corrected chi connectivity index (χ2v) is 2.20. The minimum absolute atomic E-state index is 0.349. The van der Waals surface area contributed by atoms with Gasteiger partial charge < -0.3 is 0 Å². The Kier molecular flexibility index (Phi) is 2.14. The minimum Gasteiger partial charge on any atom is -0.266 e. The van der Waals surface area contributed by atoms with Gasteiger partial charge in [-0.1, -0.05) is 23.2 Å². The lowest BCUT2D eigenvalue weighted by molar-refractivity contribution is 0.954. The summed E-state index contributed by atoms with van der Waals surface area (Å²) < 4.78 is 0. The maximum atomic E-state index is 5.59. The van der Waals surface area contributed by atoms with Crippen molar-refractivity contribution in [1.29, 1.82) is 0 Å². The van der Waals surface area contributed by atoms with E-state index in [-0.39, 0.29) is 0 Å². The van der Waals surface area contributed by atoms with Crippen LogP contribution >= 0.6 is 23.2 Å². The second-order valence-electron chi connectivity index (χ2n) is 1.41. The molecule has 0 aliphatic carbocycles. The largest absolute Gasteiger partial charge is 0.266 e. The predicted octanol–water partition coefficient (Wildman–Crippen LogP) is 1.78. The van der Waals surface area contributed by atoms with Crippen molar-refractivity contribution in [3.05, 3.63) is 22.3 Å². The SMILES string of the molecule is ClC1=C(Cl)NN=CC=C1. The number of allylic oxidation sites excluding steroid dienone is 3. The fourth-order valence-corrected chi connectivity index (χ4v) is 0.618. The second kappa shape index (κ2) is 2.90. The number of hydrogen-bond acceptors (Lipinski definition) is 2. The minimum atomic E-state index is 0.349. The molecule has 0 aromatic heterocycles. The van der Waals surface area contributed by atoms with Crippen molar-refractivity contribution in [2.45, 2.75) is 0 Å². The van der Waals surface area contributed by atoms with E-state index in [1.807, 2.05) is 0 Å². The van der Waals surface area contributed by atoms with Crippen LogP contribution in [0.25, 0.3) is 0 Å². The average molecular weight is 163 g/mol. The van der Waals surface area contributed by atoms with Crippen LogP contribution in [0.1, 0.15) is 0 Å². The third kappa shape index (κ3) is 1.73. The van der Waals surface area contributed by atoms with Crippen molar-refractivity contribution in [2.24, 2.45) is 5.10 Å². The van der Waals surface area contributed by atoms with E-state index in [1.165, 1.54) is 0 Å². The lowest BCUT2D eigenvalue weighted by atomic mass is 10.5. The number of hydrazone groups is 1. The fraction of sp³-hybridized carbons (Fsp3) is 0. The van der Waals surface area contributed by atoms with Crippen molar-refractivity contribution in [1.82, 2.24) is 5.43 Å². The highest BCUT2D eigenvalue weighted by Gasteiger charge is 1.96. The van der Waals surface area contributed by atoms with Crippen LogP contribution in [0.4, 0.5) is 0 Å². The van der Waals surface area contributed by atoms with E-state index in [1.54, 1.807) is 18.4 Å². The molecule has 0 spiro atoms. The van der Waals surface area contributed by atoms with E-state index >= 15 is 0 Å². The van der Waals surface area contributed by atoms with Gasteiger partial charge in [0.1, 0.15) is 5.16 Å². The molecule has 0 aromatic rings. The van der Waals surface area contributed by atoms with Gasteiger partial charge in [0.15, 0.2) is 0 Å². The molecule has 48 valence electrons. The first-order valence-electron chi connectivity index (χ1n) is 2.32. The Morgan fingerprint density at radius 3 is 3.00 bits per heavy atom. The summed E-state index contributed by atoms with van der Waals surface area (Å²) in [4.78, 5) is 0. The topological polar surface area (TPSA) is 24.4 Å². The molecule has 0 unspecified atom stereocenters. The zero-order valence-electron chi connectivity index (χ0n) is 4.44. The first-order valence-corrected chi connectivity index (χ1v) is 3.07. The van der Waals surface area contributed by atoms with Crippen LogP contribution in [0.3, 0.4) is 0 Å². The summed E-state index contributed by atoms with van der Waals surface area (Å²) in [6.07, 6.45) is 4.93.